The number of likely N-dealkylation sites (tertiary alicyclic amines) is 2. The van der Waals surface area contributed by atoms with Crippen LogP contribution in [0.4, 0.5) is 0 Å². The van der Waals surface area contributed by atoms with E-state index in [1.807, 2.05) is 4.90 Å². The summed E-state index contributed by atoms with van der Waals surface area (Å²) < 4.78 is 32.6. The number of sulfonamides is 1. The Balaban J connectivity index is 1.46. The second kappa shape index (κ2) is 8.55. The molecular weight excluding hydrogens is 406 g/mol. The lowest BCUT2D eigenvalue weighted by atomic mass is 9.80. The Bertz CT molecular complexity index is 866. The van der Waals surface area contributed by atoms with E-state index in [0.717, 1.165) is 19.6 Å². The van der Waals surface area contributed by atoms with Crippen LogP contribution in [0.1, 0.15) is 57.2 Å². The van der Waals surface area contributed by atoms with Crippen LogP contribution in [-0.4, -0.2) is 78.8 Å². The number of amides is 1. The van der Waals surface area contributed by atoms with E-state index in [-0.39, 0.29) is 23.6 Å². The molecule has 30 heavy (non-hydrogen) atoms. The van der Waals surface area contributed by atoms with Crippen molar-refractivity contribution in [3.63, 3.8) is 0 Å². The number of piperidine rings is 1. The molecule has 9 nitrogen and oxygen atoms in total. The molecule has 3 aliphatic rings. The molecule has 2 saturated heterocycles. The van der Waals surface area contributed by atoms with Gasteiger partial charge in [0.25, 0.3) is 0 Å². The largest absolute Gasteiger partial charge is 0.341 e. The van der Waals surface area contributed by atoms with Gasteiger partial charge in [-0.1, -0.05) is 11.6 Å². The fourth-order valence-corrected chi connectivity index (χ4v) is 6.27. The molecule has 2 aliphatic heterocycles. The minimum atomic E-state index is -3.29. The number of hydrogen-bond acceptors (Lipinski definition) is 7. The summed E-state index contributed by atoms with van der Waals surface area (Å²) in [4.78, 5) is 21.8. The fraction of sp³-hybridized carbons (Fsp3) is 0.850. The van der Waals surface area contributed by atoms with Gasteiger partial charge in [-0.15, -0.1) is 0 Å². The Morgan fingerprint density at radius 2 is 2.07 bits per heavy atom. The maximum Gasteiger partial charge on any atom is 0.235 e. The van der Waals surface area contributed by atoms with Gasteiger partial charge in [-0.05, 0) is 58.5 Å². The molecule has 0 bridgehead atoms. The zero-order valence-electron chi connectivity index (χ0n) is 18.0. The van der Waals surface area contributed by atoms with Crippen molar-refractivity contribution >= 4 is 15.9 Å². The lowest BCUT2D eigenvalue weighted by molar-refractivity contribution is -0.131. The number of rotatable bonds is 7. The number of hydrogen-bond donors (Lipinski definition) is 1. The van der Waals surface area contributed by atoms with Crippen molar-refractivity contribution in [1.29, 1.82) is 0 Å². The van der Waals surface area contributed by atoms with Gasteiger partial charge in [0.2, 0.25) is 21.8 Å². The van der Waals surface area contributed by atoms with Gasteiger partial charge in [0.1, 0.15) is 0 Å². The molecule has 0 unspecified atom stereocenters. The number of aromatic nitrogens is 2. The Kier molecular flexibility index (Phi) is 6.18. The summed E-state index contributed by atoms with van der Waals surface area (Å²) in [5.74, 6) is 1.43. The van der Waals surface area contributed by atoms with E-state index < -0.39 is 15.4 Å². The van der Waals surface area contributed by atoms with Crippen molar-refractivity contribution in [3.05, 3.63) is 11.7 Å². The molecule has 168 valence electrons. The first kappa shape index (κ1) is 21.7. The predicted molar refractivity (Wildman–Crippen MR) is 111 cm³/mol. The lowest BCUT2D eigenvalue weighted by Gasteiger charge is -2.28. The van der Waals surface area contributed by atoms with E-state index in [4.69, 9.17) is 4.52 Å². The number of carbonyl (C=O) groups is 1. The smallest absolute Gasteiger partial charge is 0.235 e. The van der Waals surface area contributed by atoms with Gasteiger partial charge in [-0.3, -0.25) is 4.79 Å². The maximum atomic E-state index is 13.0. The van der Waals surface area contributed by atoms with Crippen molar-refractivity contribution in [2.45, 2.75) is 63.8 Å². The summed E-state index contributed by atoms with van der Waals surface area (Å²) in [5, 5.41) is 3.96. The SMILES string of the molecule is CCS(=O)(=O)N[C@@H]1C[C@H]2CN(C(=O)CCN3CCCCC3)C[C@@]2(c2nc(C)no2)C1. The number of carbonyl (C=O) groups excluding carboxylic acids is 1. The van der Waals surface area contributed by atoms with Gasteiger partial charge < -0.3 is 14.3 Å². The van der Waals surface area contributed by atoms with Gasteiger partial charge in [-0.2, -0.15) is 4.98 Å². The van der Waals surface area contributed by atoms with Crippen LogP contribution in [0.2, 0.25) is 0 Å². The first-order chi connectivity index (χ1) is 14.3. The molecule has 1 N–H and O–H groups in total. The molecule has 1 amide bonds. The minimum absolute atomic E-state index is 0.0575. The second-order valence-corrected chi connectivity index (χ2v) is 11.1. The van der Waals surface area contributed by atoms with Gasteiger partial charge in [-0.25, -0.2) is 13.1 Å². The van der Waals surface area contributed by atoms with Crippen LogP contribution in [-0.2, 0) is 20.2 Å². The summed E-state index contributed by atoms with van der Waals surface area (Å²) in [6.45, 7) is 7.53. The Morgan fingerprint density at radius 1 is 1.30 bits per heavy atom. The third-order valence-corrected chi connectivity index (χ3v) is 8.45. The minimum Gasteiger partial charge on any atom is -0.341 e. The molecule has 1 aromatic heterocycles. The molecule has 1 saturated carbocycles. The highest BCUT2D eigenvalue weighted by Crippen LogP contribution is 2.50. The normalized spacial score (nSPS) is 30.0. The molecule has 3 atom stereocenters. The third-order valence-electron chi connectivity index (χ3n) is 7.00. The van der Waals surface area contributed by atoms with Gasteiger partial charge in [0.05, 0.1) is 11.2 Å². The first-order valence-corrected chi connectivity index (χ1v) is 12.8. The first-order valence-electron chi connectivity index (χ1n) is 11.1. The molecule has 0 spiro atoms. The Morgan fingerprint density at radius 3 is 2.73 bits per heavy atom. The van der Waals surface area contributed by atoms with E-state index in [1.165, 1.54) is 19.3 Å². The Hall–Kier alpha value is -1.52. The van der Waals surface area contributed by atoms with Crippen LogP contribution in [0.25, 0.3) is 0 Å². The zero-order chi connectivity index (χ0) is 21.4. The lowest BCUT2D eigenvalue weighted by Crippen LogP contribution is -2.40. The predicted octanol–water partition coefficient (Wildman–Crippen LogP) is 1.05. The quantitative estimate of drug-likeness (QED) is 0.676. The average Bonchev–Trinajstić information content (AvgIpc) is 3.39. The van der Waals surface area contributed by atoms with Gasteiger partial charge in [0, 0.05) is 32.1 Å². The van der Waals surface area contributed by atoms with E-state index in [2.05, 4.69) is 19.8 Å². The molecule has 0 aromatic carbocycles. The van der Waals surface area contributed by atoms with Crippen molar-refractivity contribution in [3.8, 4) is 0 Å². The fourth-order valence-electron chi connectivity index (χ4n) is 5.41. The van der Waals surface area contributed by atoms with E-state index in [0.29, 0.717) is 44.1 Å². The number of fused-ring (bicyclic) bond motifs is 1. The maximum absolute atomic E-state index is 13.0. The number of nitrogens with one attached hydrogen (secondary N) is 1. The zero-order valence-corrected chi connectivity index (χ0v) is 18.8. The molecule has 4 rings (SSSR count). The third kappa shape index (κ3) is 4.40. The van der Waals surface area contributed by atoms with Crippen LogP contribution < -0.4 is 4.72 Å². The molecule has 3 fully saturated rings. The second-order valence-electron chi connectivity index (χ2n) is 9.08. The van der Waals surface area contributed by atoms with E-state index >= 15 is 0 Å². The standard InChI is InChI=1S/C20H33N5O4S/c1-3-30(27,28)23-17-11-16-13-25(18(26)7-10-24-8-5-4-6-9-24)14-20(16,12-17)19-21-15(2)22-29-19/h16-17,23H,3-14H2,1-2H3/t16-,17+,20-/m0/s1. The van der Waals surface area contributed by atoms with Crippen molar-refractivity contribution in [1.82, 2.24) is 24.7 Å². The van der Waals surface area contributed by atoms with Crippen molar-refractivity contribution in [2.75, 3.05) is 38.5 Å². The van der Waals surface area contributed by atoms with E-state index in [9.17, 15) is 13.2 Å². The number of nitrogens with zero attached hydrogens (tertiary/aromatic N) is 4. The van der Waals surface area contributed by atoms with Gasteiger partial charge >= 0.3 is 0 Å². The summed E-state index contributed by atoms with van der Waals surface area (Å²) in [5.41, 5.74) is -0.469. The van der Waals surface area contributed by atoms with Crippen LogP contribution in [0.5, 0.6) is 0 Å². The average molecular weight is 440 g/mol. The molecule has 1 aliphatic carbocycles. The summed E-state index contributed by atoms with van der Waals surface area (Å²) in [7, 11) is -3.29. The van der Waals surface area contributed by atoms with Crippen LogP contribution in [0.15, 0.2) is 4.52 Å². The van der Waals surface area contributed by atoms with Crippen molar-refractivity contribution in [2.24, 2.45) is 5.92 Å². The molecule has 0 radical (unpaired) electrons. The highest BCUT2D eigenvalue weighted by molar-refractivity contribution is 7.89. The highest BCUT2D eigenvalue weighted by Gasteiger charge is 2.58. The van der Waals surface area contributed by atoms with Crippen LogP contribution in [0, 0.1) is 12.8 Å². The van der Waals surface area contributed by atoms with Crippen LogP contribution >= 0.6 is 0 Å². The van der Waals surface area contributed by atoms with Crippen LogP contribution in [0.3, 0.4) is 0 Å². The van der Waals surface area contributed by atoms with E-state index in [1.54, 1.807) is 13.8 Å². The monoisotopic (exact) mass is 439 g/mol. The molecule has 10 heteroatoms. The summed E-state index contributed by atoms with van der Waals surface area (Å²) in [6, 6.07) is -0.169. The molecular formula is C20H33N5O4S. The topological polar surface area (TPSA) is 109 Å². The number of aryl methyl sites for hydroxylation is 1. The summed E-state index contributed by atoms with van der Waals surface area (Å²) in [6.07, 6.45) is 5.50. The molecule has 1 aromatic rings. The van der Waals surface area contributed by atoms with Gasteiger partial charge in [0.15, 0.2) is 5.82 Å². The van der Waals surface area contributed by atoms with Crippen molar-refractivity contribution < 1.29 is 17.7 Å². The molecule has 3 heterocycles. The summed E-state index contributed by atoms with van der Waals surface area (Å²) >= 11 is 0. The highest BCUT2D eigenvalue weighted by atomic mass is 32.2. The Labute approximate surface area is 178 Å².